The van der Waals surface area contributed by atoms with Gasteiger partial charge in [-0.25, -0.2) is 0 Å². The molecule has 30 aromatic rings. The van der Waals surface area contributed by atoms with E-state index in [-0.39, 0.29) is 0 Å². The van der Waals surface area contributed by atoms with E-state index in [2.05, 4.69) is 475 Å². The summed E-state index contributed by atoms with van der Waals surface area (Å²) >= 11 is 0. The Kier molecular flexibility index (Phi) is 17.6. The van der Waals surface area contributed by atoms with Crippen LogP contribution in [0.1, 0.15) is 0 Å². The molecule has 0 saturated carbocycles. The monoisotopic (exact) mass is 1750 g/mol. The predicted molar refractivity (Wildman–Crippen MR) is 567 cm³/mol. The third-order valence-corrected chi connectivity index (χ3v) is 27.8. The fourth-order valence-corrected chi connectivity index (χ4v) is 21.5. The van der Waals surface area contributed by atoms with Gasteiger partial charge in [-0.3, -0.25) is 0 Å². The van der Waals surface area contributed by atoms with E-state index in [1.807, 2.05) is 6.07 Å². The molecule has 0 bridgehead atoms. The molecule has 0 fully saturated rings. The molecule has 0 spiro atoms. The second kappa shape index (κ2) is 31.1. The third-order valence-electron chi connectivity index (χ3n) is 27.8. The average Bonchev–Trinajstić information content (AvgIpc) is 1.57. The van der Waals surface area contributed by atoms with Crippen molar-refractivity contribution in [1.29, 1.82) is 0 Å². The molecule has 0 aliphatic heterocycles. The van der Waals surface area contributed by atoms with Crippen LogP contribution in [0.4, 0.5) is 0 Å². The number of hydrogen-bond donors (Lipinski definition) is 0. The van der Waals surface area contributed by atoms with Gasteiger partial charge in [-0.2, -0.15) is 0 Å². The van der Waals surface area contributed by atoms with E-state index in [1.54, 1.807) is 0 Å². The zero-order valence-electron chi connectivity index (χ0n) is 73.7. The normalized spacial score (nSPS) is 11.9. The Labute approximate surface area is 783 Å². The minimum absolute atomic E-state index is 0.884. The summed E-state index contributed by atoms with van der Waals surface area (Å²) in [6.07, 6.45) is 0. The Morgan fingerprint density at radius 3 is 1.02 bits per heavy atom. The largest absolute Gasteiger partial charge is 0.456 e. The number of fused-ring (bicyclic) bond motifs is 27. The van der Waals surface area contributed by atoms with E-state index in [0.717, 1.165) is 254 Å². The molecule has 640 valence electrons. The van der Waals surface area contributed by atoms with Crippen LogP contribution in [-0.2, 0) is 0 Å². The minimum Gasteiger partial charge on any atom is -0.456 e. The van der Waals surface area contributed by atoms with Gasteiger partial charge in [0.15, 0.2) is 16.7 Å². The van der Waals surface area contributed by atoms with Gasteiger partial charge in [0.25, 0.3) is 0 Å². The maximum Gasteiger partial charge on any atom is 0.161 e. The number of aromatic nitrogens is 3. The fourth-order valence-electron chi connectivity index (χ4n) is 21.5. The average molecular weight is 1750 g/mol. The van der Waals surface area contributed by atoms with Crippen molar-refractivity contribution in [2.45, 2.75) is 0 Å². The second-order valence-corrected chi connectivity index (χ2v) is 35.6. The van der Waals surface area contributed by atoms with Gasteiger partial charge in [0.1, 0.15) is 66.8 Å². The molecule has 0 amide bonds. The molecule has 9 heterocycles. The summed E-state index contributed by atoms with van der Waals surface area (Å²) < 4.78 is 46.3. The molecule has 0 unspecified atom stereocenters. The molecule has 30 rings (SSSR count). The van der Waals surface area contributed by atoms with Gasteiger partial charge in [0, 0.05) is 92.8 Å². The van der Waals surface area contributed by atoms with Crippen molar-refractivity contribution in [1.82, 2.24) is 13.7 Å². The molecular weight excluding hydrogens is 1680 g/mol. The molecular formula is C128H77N3O6. The van der Waals surface area contributed by atoms with Crippen LogP contribution < -0.4 is 0 Å². The lowest BCUT2D eigenvalue weighted by atomic mass is 9.94. The van der Waals surface area contributed by atoms with Crippen LogP contribution in [0.5, 0.6) is 0 Å². The zero-order chi connectivity index (χ0) is 89.9. The number of nitrogens with zero attached hydrogens (tertiary/aromatic N) is 3. The second-order valence-electron chi connectivity index (χ2n) is 35.6. The molecule has 9 heteroatoms. The Morgan fingerprint density at radius 2 is 0.474 bits per heavy atom. The minimum atomic E-state index is 0.884. The van der Waals surface area contributed by atoms with Crippen LogP contribution in [-0.4, -0.2) is 13.7 Å². The van der Waals surface area contributed by atoms with Gasteiger partial charge in [0.05, 0.1) is 16.6 Å². The smallest absolute Gasteiger partial charge is 0.161 e. The van der Waals surface area contributed by atoms with E-state index in [9.17, 15) is 0 Å². The van der Waals surface area contributed by atoms with Gasteiger partial charge in [-0.15, -0.1) is 0 Å². The lowest BCUT2D eigenvalue weighted by Gasteiger charge is -2.09. The Balaban J connectivity index is 0.000000102. The van der Waals surface area contributed by atoms with Crippen molar-refractivity contribution in [3.05, 3.63) is 467 Å². The van der Waals surface area contributed by atoms with Gasteiger partial charge >= 0.3 is 0 Å². The summed E-state index contributed by atoms with van der Waals surface area (Å²) in [7, 11) is 0. The fraction of sp³-hybridized carbons (Fsp3) is 0. The van der Waals surface area contributed by atoms with Gasteiger partial charge in [-0.1, -0.05) is 297 Å². The number of benzene rings is 21. The first-order chi connectivity index (χ1) is 67.9. The van der Waals surface area contributed by atoms with Crippen molar-refractivity contribution < 1.29 is 26.5 Å². The Morgan fingerprint density at radius 1 is 0.139 bits per heavy atom. The van der Waals surface area contributed by atoms with Crippen molar-refractivity contribution in [2.24, 2.45) is 0 Å². The molecule has 0 saturated heterocycles. The molecule has 137 heavy (non-hydrogen) atoms. The molecule has 0 radical (unpaired) electrons. The predicted octanol–water partition coefficient (Wildman–Crippen LogP) is 36.3. The highest BCUT2D eigenvalue weighted by Gasteiger charge is 2.27. The summed E-state index contributed by atoms with van der Waals surface area (Å²) in [4.78, 5) is 0. The van der Waals surface area contributed by atoms with E-state index in [4.69, 9.17) is 26.5 Å². The van der Waals surface area contributed by atoms with Crippen molar-refractivity contribution >= 4 is 186 Å². The van der Waals surface area contributed by atoms with E-state index in [0.29, 0.717) is 0 Å². The van der Waals surface area contributed by atoms with Crippen LogP contribution in [0.25, 0.3) is 281 Å². The number of furan rings is 6. The number of rotatable bonds is 10. The first-order valence-corrected chi connectivity index (χ1v) is 46.5. The highest BCUT2D eigenvalue weighted by atomic mass is 16.4. The summed E-state index contributed by atoms with van der Waals surface area (Å²) in [5, 5.41) is 18.3. The molecule has 21 aromatic carbocycles. The van der Waals surface area contributed by atoms with Crippen molar-refractivity contribution in [2.75, 3.05) is 0 Å². The highest BCUT2D eigenvalue weighted by Crippen LogP contribution is 2.49. The lowest BCUT2D eigenvalue weighted by Crippen LogP contribution is -1.92. The summed E-state index contributed by atoms with van der Waals surface area (Å²) in [6, 6.07) is 165. The highest BCUT2D eigenvalue weighted by molar-refractivity contribution is 6.23. The van der Waals surface area contributed by atoms with Crippen LogP contribution in [0, 0.1) is 0 Å². The number of hydrogen-bond acceptors (Lipinski definition) is 6. The molecule has 9 nitrogen and oxygen atoms in total. The van der Waals surface area contributed by atoms with Gasteiger partial charge < -0.3 is 40.2 Å². The zero-order valence-corrected chi connectivity index (χ0v) is 73.7. The first-order valence-electron chi connectivity index (χ1n) is 46.5. The molecule has 9 aromatic heterocycles. The lowest BCUT2D eigenvalue weighted by molar-refractivity contribution is 0.669. The van der Waals surface area contributed by atoms with E-state index < -0.39 is 0 Å². The quantitative estimate of drug-likeness (QED) is 0.135. The van der Waals surface area contributed by atoms with Crippen LogP contribution in [0.3, 0.4) is 0 Å². The standard InChI is InChI=1S/C44H27NO2.2C42H25NO2/c1-3-13-28(14-4-1)33-21-10-23-36-40-32(20-12-26-39(40)46-42(33)36)29-15-9-16-30(27-29)34-22-11-24-37-41-44(47-43(34)37)35-19-7-8-25-38(35)45(41)31-17-5-2-6-18-31;1-2-12-31(13-3-1)43-36-16-7-6-15-33(36)42-41(43)35-21-18-30(25-39(35)45-42)28-11-8-10-27(23-28)29-17-20-34-38(24-29)44-37-22-19-26-9-4-5-14-32(26)40(34)37;1-2-13-32(14-3-1)43-37-16-7-6-15-34(37)42-41(43)35-20-18-31(25-39(35)45-42)27-12-8-11-26(21-27)30-17-19-33-36-22-28-9-4-5-10-29(28)23-40(36)44-38(33)24-30/h1-27H;2*1-25H. The Bertz CT molecular complexity index is 10100. The van der Waals surface area contributed by atoms with Crippen LogP contribution >= 0.6 is 0 Å². The van der Waals surface area contributed by atoms with Crippen molar-refractivity contribution in [3.63, 3.8) is 0 Å². The molecule has 0 aliphatic rings. The summed E-state index contributed by atoms with van der Waals surface area (Å²) in [6.45, 7) is 0. The molecule has 0 atom stereocenters. The first kappa shape index (κ1) is 77.3. The van der Waals surface area contributed by atoms with Gasteiger partial charge in [0.2, 0.25) is 0 Å². The SMILES string of the molecule is c1ccc(-c2cccc3c2oc2cccc(-c4cccc(-c5cccc6c5oc5c7ccccc7n(-c7ccccc7)c65)c4)c23)cc1.c1ccc(-n2c3ccccc3c3oc4cc(-c5cccc(-c6ccc7c(c6)oc6cc8ccccc8cc67)c5)ccc4c32)cc1.c1ccc(-n2c3ccccc3c3oc4cc(-c5cccc(-c6ccc7c(c6)oc6ccc8ccccc8c67)c5)ccc4c32)cc1. The summed E-state index contributed by atoms with van der Waals surface area (Å²) in [5.74, 6) is 0. The third kappa shape index (κ3) is 12.6. The number of para-hydroxylation sites is 8. The van der Waals surface area contributed by atoms with Crippen LogP contribution in [0.15, 0.2) is 494 Å². The van der Waals surface area contributed by atoms with E-state index in [1.165, 1.54) is 26.9 Å². The van der Waals surface area contributed by atoms with Crippen LogP contribution in [0.2, 0.25) is 0 Å². The van der Waals surface area contributed by atoms with Crippen molar-refractivity contribution in [3.8, 4) is 95.0 Å². The summed E-state index contributed by atoms with van der Waals surface area (Å²) in [5.41, 5.74) is 36.7. The maximum atomic E-state index is 6.83. The van der Waals surface area contributed by atoms with E-state index >= 15 is 0 Å². The molecule has 0 N–H and O–H groups in total. The van der Waals surface area contributed by atoms with Gasteiger partial charge in [-0.05, 0) is 258 Å². The topological polar surface area (TPSA) is 93.6 Å². The maximum absolute atomic E-state index is 6.83. The molecule has 0 aliphatic carbocycles. The Hall–Kier alpha value is -18.4.